The van der Waals surface area contributed by atoms with Crippen LogP contribution in [0.5, 0.6) is 0 Å². The number of benzene rings is 2. The molecule has 6 heteroatoms. The molecule has 3 amide bonds. The van der Waals surface area contributed by atoms with Crippen molar-refractivity contribution in [2.75, 3.05) is 26.2 Å². The minimum atomic E-state index is -1.15. The Kier molecular flexibility index (Phi) is 6.93. The Balaban J connectivity index is 0.00000240. The quantitative estimate of drug-likeness (QED) is 0.733. The van der Waals surface area contributed by atoms with Crippen molar-refractivity contribution in [2.24, 2.45) is 0 Å². The predicted molar refractivity (Wildman–Crippen MR) is 116 cm³/mol. The number of imide groups is 1. The highest BCUT2D eigenvalue weighted by molar-refractivity contribution is 6.09. The van der Waals surface area contributed by atoms with Gasteiger partial charge in [0.25, 0.3) is 5.91 Å². The minimum absolute atomic E-state index is 0. The van der Waals surface area contributed by atoms with Gasteiger partial charge in [0, 0.05) is 6.54 Å². The van der Waals surface area contributed by atoms with Crippen molar-refractivity contribution in [1.82, 2.24) is 15.1 Å². The molecule has 0 saturated carbocycles. The summed E-state index contributed by atoms with van der Waals surface area (Å²) < 4.78 is 0. The summed E-state index contributed by atoms with van der Waals surface area (Å²) in [7, 11) is 0. The Hall–Kier alpha value is -2.37. The molecule has 0 aliphatic carbocycles. The Morgan fingerprint density at radius 1 is 0.793 bits per heavy atom. The van der Waals surface area contributed by atoms with Gasteiger partial charge in [-0.15, -0.1) is 12.4 Å². The molecule has 0 radical (unpaired) electrons. The number of urea groups is 1. The molecule has 2 fully saturated rings. The van der Waals surface area contributed by atoms with Crippen LogP contribution in [-0.2, 0) is 10.3 Å². The largest absolute Gasteiger partial charge is 0.325 e. The number of halogens is 1. The Labute approximate surface area is 178 Å². The van der Waals surface area contributed by atoms with Gasteiger partial charge in [-0.05, 0) is 50.0 Å². The number of likely N-dealkylation sites (tertiary alicyclic amines) is 1. The second-order valence-electron chi connectivity index (χ2n) is 7.62. The summed E-state index contributed by atoms with van der Waals surface area (Å²) >= 11 is 0. The molecule has 0 aromatic heterocycles. The molecule has 2 saturated heterocycles. The van der Waals surface area contributed by atoms with Crippen molar-refractivity contribution in [2.45, 2.75) is 31.2 Å². The molecule has 0 bridgehead atoms. The molecule has 5 nitrogen and oxygen atoms in total. The smallest absolute Gasteiger partial charge is 0.315 e. The van der Waals surface area contributed by atoms with Gasteiger partial charge in [-0.2, -0.15) is 0 Å². The molecular formula is C23H28ClN3O2. The van der Waals surface area contributed by atoms with E-state index in [2.05, 4.69) is 10.2 Å². The number of carbonyl (C=O) groups excluding carboxylic acids is 2. The Morgan fingerprint density at radius 2 is 1.34 bits per heavy atom. The zero-order chi connectivity index (χ0) is 19.4. The molecule has 2 aliphatic rings. The van der Waals surface area contributed by atoms with Gasteiger partial charge in [0.2, 0.25) is 0 Å². The van der Waals surface area contributed by atoms with Crippen LogP contribution in [-0.4, -0.2) is 47.9 Å². The van der Waals surface area contributed by atoms with E-state index in [-0.39, 0.29) is 24.3 Å². The van der Waals surface area contributed by atoms with Gasteiger partial charge in [-0.25, -0.2) is 4.79 Å². The third-order valence-electron chi connectivity index (χ3n) is 5.82. The van der Waals surface area contributed by atoms with Gasteiger partial charge < -0.3 is 10.2 Å². The normalized spacial score (nSPS) is 19.0. The molecule has 154 valence electrons. The highest BCUT2D eigenvalue weighted by Crippen LogP contribution is 2.36. The first-order valence-electron chi connectivity index (χ1n) is 10.2. The standard InChI is InChI=1S/C23H27N3O2.ClH/c27-21-23(19-11-4-1-5-12-19,20-13-6-2-7-14-20)24-22(28)26(21)18-10-17-25-15-8-3-9-16-25;/h1-2,4-7,11-14H,3,8-10,15-18H2,(H,24,28);1H. The third-order valence-corrected chi connectivity index (χ3v) is 5.82. The first-order chi connectivity index (χ1) is 13.7. The zero-order valence-corrected chi connectivity index (χ0v) is 17.4. The van der Waals surface area contributed by atoms with Gasteiger partial charge in [-0.3, -0.25) is 9.69 Å². The molecule has 29 heavy (non-hydrogen) atoms. The maximum atomic E-state index is 13.5. The maximum absolute atomic E-state index is 13.5. The van der Waals surface area contributed by atoms with E-state index in [0.717, 1.165) is 37.2 Å². The van der Waals surface area contributed by atoms with Gasteiger partial charge in [0.15, 0.2) is 5.54 Å². The van der Waals surface area contributed by atoms with Crippen LogP contribution in [0.4, 0.5) is 4.79 Å². The van der Waals surface area contributed by atoms with Gasteiger partial charge in [0.05, 0.1) is 0 Å². The lowest BCUT2D eigenvalue weighted by molar-refractivity contribution is -0.130. The molecule has 2 aromatic carbocycles. The van der Waals surface area contributed by atoms with Crippen LogP contribution < -0.4 is 5.32 Å². The van der Waals surface area contributed by atoms with E-state index >= 15 is 0 Å². The first-order valence-corrected chi connectivity index (χ1v) is 10.2. The van der Waals surface area contributed by atoms with Crippen LogP contribution in [0.3, 0.4) is 0 Å². The summed E-state index contributed by atoms with van der Waals surface area (Å²) in [5.41, 5.74) is 0.432. The van der Waals surface area contributed by atoms with E-state index in [1.807, 2.05) is 60.7 Å². The van der Waals surface area contributed by atoms with Crippen molar-refractivity contribution in [3.8, 4) is 0 Å². The van der Waals surface area contributed by atoms with Crippen molar-refractivity contribution in [3.05, 3.63) is 71.8 Å². The van der Waals surface area contributed by atoms with E-state index in [1.165, 1.54) is 24.2 Å². The number of piperidine rings is 1. The zero-order valence-electron chi connectivity index (χ0n) is 16.5. The number of nitrogens with one attached hydrogen (secondary N) is 1. The van der Waals surface area contributed by atoms with Crippen LogP contribution >= 0.6 is 12.4 Å². The van der Waals surface area contributed by atoms with Crippen LogP contribution in [0.15, 0.2) is 60.7 Å². The van der Waals surface area contributed by atoms with Gasteiger partial charge >= 0.3 is 6.03 Å². The van der Waals surface area contributed by atoms with Crippen molar-refractivity contribution in [1.29, 1.82) is 0 Å². The molecule has 2 heterocycles. The van der Waals surface area contributed by atoms with E-state index in [1.54, 1.807) is 0 Å². The molecular weight excluding hydrogens is 386 g/mol. The van der Waals surface area contributed by atoms with Crippen molar-refractivity contribution in [3.63, 3.8) is 0 Å². The lowest BCUT2D eigenvalue weighted by Gasteiger charge is -2.28. The molecule has 0 unspecified atom stereocenters. The monoisotopic (exact) mass is 413 g/mol. The van der Waals surface area contributed by atoms with Crippen molar-refractivity contribution >= 4 is 24.3 Å². The summed E-state index contributed by atoms with van der Waals surface area (Å²) in [5.74, 6) is -0.187. The summed E-state index contributed by atoms with van der Waals surface area (Å²) in [6.07, 6.45) is 4.60. The van der Waals surface area contributed by atoms with E-state index < -0.39 is 5.54 Å². The van der Waals surface area contributed by atoms with Crippen molar-refractivity contribution < 1.29 is 9.59 Å². The second kappa shape index (κ2) is 9.42. The molecule has 0 spiro atoms. The summed E-state index contributed by atoms with van der Waals surface area (Å²) in [6, 6.07) is 18.7. The molecule has 0 atom stereocenters. The molecule has 2 aliphatic heterocycles. The maximum Gasteiger partial charge on any atom is 0.325 e. The van der Waals surface area contributed by atoms with Crippen LogP contribution in [0.2, 0.25) is 0 Å². The van der Waals surface area contributed by atoms with E-state index in [9.17, 15) is 9.59 Å². The molecule has 4 rings (SSSR count). The molecule has 2 aromatic rings. The first kappa shape index (κ1) is 21.3. The lowest BCUT2D eigenvalue weighted by Crippen LogP contribution is -2.45. The van der Waals surface area contributed by atoms with Crippen LogP contribution in [0, 0.1) is 0 Å². The fourth-order valence-electron chi connectivity index (χ4n) is 4.35. The molecule has 1 N–H and O–H groups in total. The number of hydrogen-bond acceptors (Lipinski definition) is 3. The van der Waals surface area contributed by atoms with Gasteiger partial charge in [-0.1, -0.05) is 67.1 Å². The Bertz CT molecular complexity index is 783. The number of hydrogen-bond donors (Lipinski definition) is 1. The van der Waals surface area contributed by atoms with E-state index in [0.29, 0.717) is 6.54 Å². The Morgan fingerprint density at radius 3 is 1.90 bits per heavy atom. The average molecular weight is 414 g/mol. The summed E-state index contributed by atoms with van der Waals surface area (Å²) in [6.45, 7) is 3.62. The summed E-state index contributed by atoms with van der Waals surface area (Å²) in [4.78, 5) is 30.2. The summed E-state index contributed by atoms with van der Waals surface area (Å²) in [5, 5.41) is 3.01. The number of amides is 3. The number of nitrogens with zero attached hydrogens (tertiary/aromatic N) is 2. The minimum Gasteiger partial charge on any atom is -0.315 e. The number of carbonyl (C=O) groups is 2. The average Bonchev–Trinajstić information content (AvgIpc) is 3.01. The fourth-order valence-corrected chi connectivity index (χ4v) is 4.35. The number of rotatable bonds is 6. The van der Waals surface area contributed by atoms with E-state index in [4.69, 9.17) is 0 Å². The topological polar surface area (TPSA) is 52.7 Å². The second-order valence-corrected chi connectivity index (χ2v) is 7.62. The lowest BCUT2D eigenvalue weighted by atomic mass is 9.82. The van der Waals surface area contributed by atoms with Gasteiger partial charge in [0.1, 0.15) is 0 Å². The highest BCUT2D eigenvalue weighted by Gasteiger charge is 2.53. The van der Waals surface area contributed by atoms with Crippen LogP contribution in [0.1, 0.15) is 36.8 Å². The van der Waals surface area contributed by atoms with Crippen LogP contribution in [0.25, 0.3) is 0 Å². The SMILES string of the molecule is Cl.O=C1NC(c2ccccc2)(c2ccccc2)C(=O)N1CCCN1CCCCC1. The fraction of sp³-hybridized carbons (Fsp3) is 0.391. The highest BCUT2D eigenvalue weighted by atomic mass is 35.5. The third kappa shape index (κ3) is 4.16. The predicted octanol–water partition coefficient (Wildman–Crippen LogP) is 3.78.